The van der Waals surface area contributed by atoms with Crippen LogP contribution in [0.5, 0.6) is 0 Å². The van der Waals surface area contributed by atoms with Gasteiger partial charge in [0.15, 0.2) is 6.29 Å². The Hall–Kier alpha value is -1.25. The second-order valence-electron chi connectivity index (χ2n) is 20.1. The number of hydrogen-bond acceptors (Lipinski definition) is 7. The zero-order valence-corrected chi connectivity index (χ0v) is 36.6. The van der Waals surface area contributed by atoms with Crippen LogP contribution in [0.15, 0.2) is 23.8 Å². The quantitative estimate of drug-likeness (QED) is 0.0570. The molecule has 7 nitrogen and oxygen atoms in total. The molecule has 5 aliphatic rings. The minimum Gasteiger partial charge on any atom is -0.463 e. The van der Waals surface area contributed by atoms with Crippen molar-refractivity contribution in [3.63, 3.8) is 0 Å². The van der Waals surface area contributed by atoms with Gasteiger partial charge in [0.2, 0.25) is 0 Å². The predicted octanol–water partition coefficient (Wildman–Crippen LogP) is 11.0. The van der Waals surface area contributed by atoms with Gasteiger partial charge in [0.25, 0.3) is 0 Å². The van der Waals surface area contributed by atoms with E-state index in [1.54, 1.807) is 0 Å². The van der Waals surface area contributed by atoms with Crippen molar-refractivity contribution in [1.29, 1.82) is 0 Å². The smallest absolute Gasteiger partial charge is 0.305 e. The molecule has 4 fully saturated rings. The number of carbonyl (C=O) groups excluding carboxylic acids is 1. The van der Waals surface area contributed by atoms with Crippen LogP contribution in [0.1, 0.15) is 189 Å². The minimum atomic E-state index is -1.44. The average molecular weight is 785 g/mol. The van der Waals surface area contributed by atoms with Gasteiger partial charge >= 0.3 is 5.97 Å². The number of ether oxygens (including phenoxy) is 3. The van der Waals surface area contributed by atoms with Crippen LogP contribution < -0.4 is 0 Å². The van der Waals surface area contributed by atoms with Crippen molar-refractivity contribution in [1.82, 2.24) is 0 Å². The molecule has 0 aromatic heterocycles. The summed E-state index contributed by atoms with van der Waals surface area (Å²) in [5.74, 6) is 4.42. The van der Waals surface area contributed by atoms with E-state index in [4.69, 9.17) is 14.2 Å². The minimum absolute atomic E-state index is 0.141. The first-order valence-corrected chi connectivity index (χ1v) is 23.7. The number of aliphatic hydroxyl groups is 3. The van der Waals surface area contributed by atoms with Gasteiger partial charge < -0.3 is 29.5 Å². The van der Waals surface area contributed by atoms with E-state index in [2.05, 4.69) is 59.8 Å². The topological polar surface area (TPSA) is 105 Å². The first-order valence-electron chi connectivity index (χ1n) is 23.7. The zero-order chi connectivity index (χ0) is 40.3. The summed E-state index contributed by atoms with van der Waals surface area (Å²) in [4.78, 5) is 12.6. The number of unbranched alkanes of at least 4 members (excludes halogenated alkanes) is 9. The van der Waals surface area contributed by atoms with Gasteiger partial charge in [-0.15, -0.1) is 0 Å². The number of fused-ring (bicyclic) bond motifs is 5. The molecule has 1 aliphatic heterocycles. The average Bonchev–Trinajstić information content (AvgIpc) is 3.53. The molecule has 7 heteroatoms. The maximum absolute atomic E-state index is 12.6. The Morgan fingerprint density at radius 1 is 0.839 bits per heavy atom. The Kier molecular flexibility index (Phi) is 17.9. The largest absolute Gasteiger partial charge is 0.463 e. The summed E-state index contributed by atoms with van der Waals surface area (Å²) in [5, 5.41) is 32.4. The molecule has 0 unspecified atom stereocenters. The number of carbonyl (C=O) groups is 1. The standard InChI is InChI=1S/C49H84O7/c1-7-8-9-10-11-12-13-14-15-16-17-18-19-23-43(50)54-33-42-44(51)45(52)46(53)47(56-42)55-37-28-30-48(5)36(32-37)24-25-38-40-27-26-39(35(4)22-20-21-34(2)3)49(40,6)31-29-41(38)48/h14-15,24,34-35,37-42,44-47,51-53H,7-13,16-23,25-33H2,1-6H3/b15-14-/t35-,37+,38+,39-,40+,41+,42-,44-,45+,46-,47-,48+,49-/m1/s1. The van der Waals surface area contributed by atoms with Gasteiger partial charge in [0.1, 0.15) is 31.0 Å². The molecule has 0 aromatic rings. The number of allylic oxidation sites excluding steroid dienone is 3. The molecular formula is C49H84O7. The lowest BCUT2D eigenvalue weighted by molar-refractivity contribution is -0.313. The number of esters is 1. The Bertz CT molecular complexity index is 1250. The third-order valence-corrected chi connectivity index (χ3v) is 15.8. The highest BCUT2D eigenvalue weighted by molar-refractivity contribution is 5.69. The van der Waals surface area contributed by atoms with Crippen molar-refractivity contribution < 1.29 is 34.3 Å². The van der Waals surface area contributed by atoms with Crippen molar-refractivity contribution >= 4 is 5.97 Å². The molecule has 3 saturated carbocycles. The van der Waals surface area contributed by atoms with Gasteiger partial charge in [-0.2, -0.15) is 0 Å². The summed E-state index contributed by atoms with van der Waals surface area (Å²) in [6, 6.07) is 0. The van der Waals surface area contributed by atoms with E-state index >= 15 is 0 Å². The van der Waals surface area contributed by atoms with Gasteiger partial charge in [0, 0.05) is 6.42 Å². The highest BCUT2D eigenvalue weighted by atomic mass is 16.7. The zero-order valence-electron chi connectivity index (χ0n) is 36.6. The van der Waals surface area contributed by atoms with Gasteiger partial charge in [-0.05, 0) is 130 Å². The van der Waals surface area contributed by atoms with Crippen LogP contribution in [0.4, 0.5) is 0 Å². The number of aliphatic hydroxyl groups excluding tert-OH is 3. The first kappa shape index (κ1) is 45.8. The molecule has 0 bridgehead atoms. The molecule has 1 heterocycles. The van der Waals surface area contributed by atoms with E-state index in [0.717, 1.165) is 87.4 Å². The summed E-state index contributed by atoms with van der Waals surface area (Å²) in [5.41, 5.74) is 2.14. The molecule has 56 heavy (non-hydrogen) atoms. The number of rotatable bonds is 22. The maximum atomic E-state index is 12.6. The van der Waals surface area contributed by atoms with Crippen LogP contribution >= 0.6 is 0 Å². The van der Waals surface area contributed by atoms with Crippen LogP contribution in [0.25, 0.3) is 0 Å². The van der Waals surface area contributed by atoms with Crippen LogP contribution in [-0.4, -0.2) is 64.7 Å². The van der Waals surface area contributed by atoms with Crippen molar-refractivity contribution in [2.45, 2.75) is 226 Å². The Balaban J connectivity index is 1.04. The molecular weight excluding hydrogens is 701 g/mol. The Labute approximate surface area is 342 Å². The molecule has 3 N–H and O–H groups in total. The van der Waals surface area contributed by atoms with Crippen LogP contribution in [0.2, 0.25) is 0 Å². The molecule has 4 aliphatic carbocycles. The van der Waals surface area contributed by atoms with Gasteiger partial charge in [0.05, 0.1) is 6.10 Å². The Morgan fingerprint density at radius 3 is 2.29 bits per heavy atom. The fourth-order valence-electron chi connectivity index (χ4n) is 12.4. The molecule has 1 saturated heterocycles. The van der Waals surface area contributed by atoms with Crippen molar-refractivity contribution in [3.8, 4) is 0 Å². The summed E-state index contributed by atoms with van der Waals surface area (Å²) in [6.45, 7) is 14.5. The van der Waals surface area contributed by atoms with Crippen molar-refractivity contribution in [2.75, 3.05) is 6.61 Å². The van der Waals surface area contributed by atoms with Crippen molar-refractivity contribution in [3.05, 3.63) is 23.8 Å². The predicted molar refractivity (Wildman–Crippen MR) is 226 cm³/mol. The molecule has 0 spiro atoms. The lowest BCUT2D eigenvalue weighted by Gasteiger charge is -2.58. The molecule has 5 rings (SSSR count). The lowest BCUT2D eigenvalue weighted by Crippen LogP contribution is -2.60. The van der Waals surface area contributed by atoms with Crippen LogP contribution in [-0.2, 0) is 19.0 Å². The van der Waals surface area contributed by atoms with Gasteiger partial charge in [-0.25, -0.2) is 0 Å². The summed E-state index contributed by atoms with van der Waals surface area (Å²) < 4.78 is 18.0. The SMILES string of the molecule is CCCCCCCC/C=C\CCCCCC(=O)OC[C@H]1O[C@@H](O[C@H]2CC[C@@]3(C)C(=CC[C@H]4[C@@H]5CC[C@H]([C@H](C)CCCC(C)C)[C@@]5(C)CC[C@@H]43)C2)[C@H](O)[C@@H](O)[C@@H]1O. The van der Waals surface area contributed by atoms with E-state index < -0.39 is 30.7 Å². The molecule has 13 atom stereocenters. The highest BCUT2D eigenvalue weighted by Crippen LogP contribution is 2.67. The summed E-state index contributed by atoms with van der Waals surface area (Å²) in [7, 11) is 0. The molecule has 0 amide bonds. The fraction of sp³-hybridized carbons (Fsp3) is 0.898. The lowest BCUT2D eigenvalue weighted by atomic mass is 9.47. The molecule has 322 valence electrons. The third kappa shape index (κ3) is 11.5. The normalized spacial score (nSPS) is 37.6. The fourth-order valence-corrected chi connectivity index (χ4v) is 12.4. The van der Waals surface area contributed by atoms with E-state index in [0.29, 0.717) is 17.8 Å². The van der Waals surface area contributed by atoms with Gasteiger partial charge in [-0.1, -0.05) is 123 Å². The van der Waals surface area contributed by atoms with E-state index in [9.17, 15) is 20.1 Å². The Morgan fingerprint density at radius 2 is 1.55 bits per heavy atom. The summed E-state index contributed by atoms with van der Waals surface area (Å²) in [6.07, 6.45) is 27.3. The van der Waals surface area contributed by atoms with E-state index in [-0.39, 0.29) is 24.1 Å². The maximum Gasteiger partial charge on any atom is 0.305 e. The number of hydrogen-bond donors (Lipinski definition) is 3. The van der Waals surface area contributed by atoms with Gasteiger partial charge in [-0.3, -0.25) is 4.79 Å². The second-order valence-corrected chi connectivity index (χ2v) is 20.1. The molecule has 0 radical (unpaired) electrons. The summed E-state index contributed by atoms with van der Waals surface area (Å²) >= 11 is 0. The first-order chi connectivity index (χ1) is 26.9. The van der Waals surface area contributed by atoms with Crippen LogP contribution in [0.3, 0.4) is 0 Å². The van der Waals surface area contributed by atoms with E-state index in [1.807, 2.05) is 0 Å². The van der Waals surface area contributed by atoms with E-state index in [1.165, 1.54) is 89.0 Å². The van der Waals surface area contributed by atoms with Crippen molar-refractivity contribution in [2.24, 2.45) is 46.3 Å². The molecule has 0 aromatic carbocycles. The highest BCUT2D eigenvalue weighted by Gasteiger charge is 2.59. The second kappa shape index (κ2) is 21.8. The van der Waals surface area contributed by atoms with Crippen LogP contribution in [0, 0.1) is 46.3 Å². The monoisotopic (exact) mass is 785 g/mol. The third-order valence-electron chi connectivity index (χ3n) is 15.8.